The Morgan fingerprint density at radius 3 is 2.54 bits per heavy atom. The van der Waals surface area contributed by atoms with Crippen LogP contribution in [0.5, 0.6) is 17.2 Å². The lowest BCUT2D eigenvalue weighted by atomic mass is 9.98. The van der Waals surface area contributed by atoms with Gasteiger partial charge in [-0.2, -0.15) is 0 Å². The largest absolute Gasteiger partial charge is 0.493 e. The van der Waals surface area contributed by atoms with Crippen molar-refractivity contribution < 1.29 is 28.1 Å². The molecule has 0 spiro atoms. The molecule has 0 saturated carbocycles. The van der Waals surface area contributed by atoms with Gasteiger partial charge in [0.25, 0.3) is 5.91 Å². The molecule has 1 amide bonds. The highest BCUT2D eigenvalue weighted by Gasteiger charge is 2.19. The molecule has 1 aliphatic rings. The quantitative estimate of drug-likeness (QED) is 0.259. The molecule has 0 bridgehead atoms. The SMILES string of the molecule is COc1cc2c(cc1OC)CN(CCCCNC(=O)c1cc(I)ccc1OCCOCC[18F])CC2. The van der Waals surface area contributed by atoms with Crippen molar-refractivity contribution in [2.24, 2.45) is 0 Å². The number of benzene rings is 2. The summed E-state index contributed by atoms with van der Waals surface area (Å²) < 4.78 is 34.7. The summed E-state index contributed by atoms with van der Waals surface area (Å²) in [5.74, 6) is 1.89. The molecule has 0 atom stereocenters. The summed E-state index contributed by atoms with van der Waals surface area (Å²) in [6.07, 6.45) is 2.86. The van der Waals surface area contributed by atoms with Gasteiger partial charge in [-0.1, -0.05) is 0 Å². The number of amides is 1. The predicted octanol–water partition coefficient (Wildman–Crippen LogP) is 4.24. The molecule has 3 rings (SSSR count). The summed E-state index contributed by atoms with van der Waals surface area (Å²) in [5, 5.41) is 3.01. The summed E-state index contributed by atoms with van der Waals surface area (Å²) in [4.78, 5) is 15.2. The number of hydrogen-bond acceptors (Lipinski definition) is 6. The molecule has 0 aromatic heterocycles. The van der Waals surface area contributed by atoms with Crippen LogP contribution in [-0.2, 0) is 17.7 Å². The Morgan fingerprint density at radius 2 is 1.80 bits per heavy atom. The molecule has 0 saturated heterocycles. The molecule has 2 aromatic rings. The third-order valence-electron chi connectivity index (χ3n) is 5.88. The molecule has 0 fully saturated rings. The molecular weight excluding hydrogens is 565 g/mol. The van der Waals surface area contributed by atoms with E-state index in [-0.39, 0.29) is 25.7 Å². The van der Waals surface area contributed by atoms with Gasteiger partial charge in [-0.15, -0.1) is 0 Å². The van der Waals surface area contributed by atoms with E-state index < -0.39 is 6.67 Å². The van der Waals surface area contributed by atoms with Crippen molar-refractivity contribution in [3.05, 3.63) is 50.6 Å². The van der Waals surface area contributed by atoms with Crippen LogP contribution in [0.25, 0.3) is 0 Å². The van der Waals surface area contributed by atoms with Crippen LogP contribution in [0.2, 0.25) is 0 Å². The minimum absolute atomic E-state index is 0.0519. The fourth-order valence-corrected chi connectivity index (χ4v) is 4.55. The number of fused-ring (bicyclic) bond motifs is 1. The average molecular weight is 599 g/mol. The monoisotopic (exact) mass is 599 g/mol. The van der Waals surface area contributed by atoms with E-state index in [1.807, 2.05) is 12.1 Å². The van der Waals surface area contributed by atoms with E-state index in [0.29, 0.717) is 17.9 Å². The van der Waals surface area contributed by atoms with Gasteiger partial charge in [0.15, 0.2) is 11.5 Å². The first-order chi connectivity index (χ1) is 17.0. The minimum atomic E-state index is -0.522. The average Bonchev–Trinajstić information content (AvgIpc) is 2.87. The van der Waals surface area contributed by atoms with E-state index in [1.54, 1.807) is 20.3 Å². The van der Waals surface area contributed by atoms with Gasteiger partial charge in [0, 0.05) is 23.2 Å². The fraction of sp³-hybridized carbons (Fsp3) is 0.500. The predicted molar refractivity (Wildman–Crippen MR) is 142 cm³/mol. The summed E-state index contributed by atoms with van der Waals surface area (Å²) in [5.41, 5.74) is 3.10. The maximum atomic E-state index is 12.8. The fourth-order valence-electron chi connectivity index (χ4n) is 4.06. The molecule has 0 aliphatic carbocycles. The van der Waals surface area contributed by atoms with Crippen molar-refractivity contribution in [1.82, 2.24) is 10.2 Å². The zero-order valence-electron chi connectivity index (χ0n) is 20.4. The molecule has 1 heterocycles. The van der Waals surface area contributed by atoms with Crippen LogP contribution in [0.3, 0.4) is 0 Å². The second-order valence-electron chi connectivity index (χ2n) is 8.26. The third kappa shape index (κ3) is 8.22. The van der Waals surface area contributed by atoms with Gasteiger partial charge in [-0.3, -0.25) is 9.69 Å². The Kier molecular flexibility index (Phi) is 11.3. The van der Waals surface area contributed by atoms with Crippen molar-refractivity contribution in [3.63, 3.8) is 0 Å². The lowest BCUT2D eigenvalue weighted by molar-refractivity contribution is 0.0872. The van der Waals surface area contributed by atoms with E-state index in [4.69, 9.17) is 18.9 Å². The number of unbranched alkanes of at least 4 members (excludes halogenated alkanes) is 1. The highest BCUT2D eigenvalue weighted by molar-refractivity contribution is 14.1. The van der Waals surface area contributed by atoms with Crippen LogP contribution < -0.4 is 19.5 Å². The molecule has 192 valence electrons. The molecule has 9 heteroatoms. The highest BCUT2D eigenvalue weighted by Crippen LogP contribution is 2.33. The molecule has 35 heavy (non-hydrogen) atoms. The minimum Gasteiger partial charge on any atom is -0.493 e. The van der Waals surface area contributed by atoms with Crippen LogP contribution in [0.4, 0.5) is 4.39 Å². The van der Waals surface area contributed by atoms with Gasteiger partial charge in [-0.25, -0.2) is 4.39 Å². The highest BCUT2D eigenvalue weighted by atomic mass is 127. The number of carbonyl (C=O) groups excluding carboxylic acids is 1. The van der Waals surface area contributed by atoms with Crippen molar-refractivity contribution in [2.45, 2.75) is 25.8 Å². The van der Waals surface area contributed by atoms with Crippen LogP contribution in [0, 0.1) is 3.57 Å². The number of rotatable bonds is 14. The number of nitrogens with one attached hydrogen (secondary N) is 1. The first-order valence-corrected chi connectivity index (χ1v) is 12.9. The van der Waals surface area contributed by atoms with E-state index in [2.05, 4.69) is 44.9 Å². The Morgan fingerprint density at radius 1 is 1.03 bits per heavy atom. The van der Waals surface area contributed by atoms with Crippen LogP contribution in [-0.4, -0.2) is 71.2 Å². The second kappa shape index (κ2) is 14.4. The van der Waals surface area contributed by atoms with Gasteiger partial charge in [0.1, 0.15) is 19.0 Å². The Balaban J connectivity index is 1.42. The van der Waals surface area contributed by atoms with Crippen molar-refractivity contribution >= 4 is 28.5 Å². The molecule has 1 aliphatic heterocycles. The number of carbonyl (C=O) groups is 1. The summed E-state index contributed by atoms with van der Waals surface area (Å²) in [6, 6.07) is 9.64. The lowest BCUT2D eigenvalue weighted by Crippen LogP contribution is -2.32. The van der Waals surface area contributed by atoms with Gasteiger partial charge in [0.2, 0.25) is 0 Å². The lowest BCUT2D eigenvalue weighted by Gasteiger charge is -2.29. The van der Waals surface area contributed by atoms with Gasteiger partial charge in [0.05, 0.1) is 33.0 Å². The van der Waals surface area contributed by atoms with Crippen LogP contribution in [0.1, 0.15) is 34.3 Å². The van der Waals surface area contributed by atoms with Gasteiger partial charge >= 0.3 is 0 Å². The van der Waals surface area contributed by atoms with E-state index >= 15 is 0 Å². The molecule has 2 aromatic carbocycles. The normalized spacial score (nSPS) is 13.3. The van der Waals surface area contributed by atoms with Crippen LogP contribution in [0.15, 0.2) is 30.3 Å². The Bertz CT molecular complexity index is 975. The molecule has 1 N–H and O–H groups in total. The number of halogens is 2. The Labute approximate surface area is 220 Å². The first kappa shape index (κ1) is 27.5. The summed E-state index contributed by atoms with van der Waals surface area (Å²) in [7, 11) is 3.32. The number of hydrogen-bond donors (Lipinski definition) is 1. The second-order valence-corrected chi connectivity index (χ2v) is 9.50. The van der Waals surface area contributed by atoms with Gasteiger partial charge < -0.3 is 24.3 Å². The van der Waals surface area contributed by atoms with Gasteiger partial charge in [-0.05, 0) is 89.9 Å². The van der Waals surface area contributed by atoms with Crippen molar-refractivity contribution in [3.8, 4) is 17.2 Å². The topological polar surface area (TPSA) is 69.3 Å². The zero-order chi connectivity index (χ0) is 25.0. The first-order valence-electron chi connectivity index (χ1n) is 11.9. The smallest absolute Gasteiger partial charge is 0.255 e. The van der Waals surface area contributed by atoms with E-state index in [9.17, 15) is 9.18 Å². The Hall–Kier alpha value is -2.11. The van der Waals surface area contributed by atoms with Crippen molar-refractivity contribution in [1.29, 1.82) is 0 Å². The molecule has 0 radical (unpaired) electrons. The van der Waals surface area contributed by atoms with Crippen molar-refractivity contribution in [2.75, 3.05) is 60.3 Å². The molecular formula is C26H34FIN2O5. The molecule has 0 unspecified atom stereocenters. The van der Waals surface area contributed by atoms with Crippen LogP contribution >= 0.6 is 22.6 Å². The summed E-state index contributed by atoms with van der Waals surface area (Å²) >= 11 is 2.17. The standard InChI is InChI=1S/C26H34FIN2O5/c1-32-24-15-19-7-11-30(18-20(19)16-25(24)33-2)10-4-3-9-29-26(31)22-17-21(28)5-6-23(22)35-14-13-34-12-8-27/h5-6,15-17H,3-4,7-14,18H2,1-2H3,(H,29,31)/i27-1. The number of methoxy groups -OCH3 is 2. The summed E-state index contributed by atoms with van der Waals surface area (Å²) in [6.45, 7) is 3.53. The maximum Gasteiger partial charge on any atom is 0.255 e. The number of nitrogens with zero attached hydrogens (tertiary/aromatic N) is 1. The number of alkyl halides is 1. The maximum absolute atomic E-state index is 12.8. The molecule has 7 nitrogen and oxygen atoms in total. The number of ether oxygens (including phenoxy) is 4. The zero-order valence-corrected chi connectivity index (χ0v) is 22.6. The van der Waals surface area contributed by atoms with E-state index in [1.165, 1.54) is 11.1 Å². The van der Waals surface area contributed by atoms with E-state index in [0.717, 1.165) is 54.0 Å². The third-order valence-corrected chi connectivity index (χ3v) is 6.55.